The van der Waals surface area contributed by atoms with Crippen molar-refractivity contribution in [2.75, 3.05) is 19.7 Å². The third kappa shape index (κ3) is 4.94. The standard InChI is InChI=1S/C25H34N2O3/c1-5-22-23(18(4)28)17(3)26-24(22)25(29)27-15-13-20(14-16-27)8-7-19-9-11-21(12-10-19)30-6-2/h9-12,20,26H,5-8,13-16H2,1-4H3. The van der Waals surface area contributed by atoms with Crippen LogP contribution in [0.3, 0.4) is 0 Å². The number of aryl methyl sites for hydroxylation is 2. The Balaban J connectivity index is 1.54. The fourth-order valence-electron chi connectivity index (χ4n) is 4.56. The number of nitrogens with zero attached hydrogens (tertiary/aromatic N) is 1. The number of Topliss-reactive ketones (excluding diaryl/α,β-unsaturated/α-hetero) is 1. The molecule has 1 saturated heterocycles. The summed E-state index contributed by atoms with van der Waals surface area (Å²) in [6.07, 6.45) is 4.95. The molecule has 0 aliphatic carbocycles. The highest BCUT2D eigenvalue weighted by Crippen LogP contribution is 2.26. The summed E-state index contributed by atoms with van der Waals surface area (Å²) in [7, 11) is 0. The molecule has 0 unspecified atom stereocenters. The monoisotopic (exact) mass is 410 g/mol. The highest BCUT2D eigenvalue weighted by molar-refractivity contribution is 6.02. The number of aromatic amines is 1. The first kappa shape index (κ1) is 22.1. The molecule has 5 nitrogen and oxygen atoms in total. The molecule has 1 aliphatic rings. The number of ketones is 1. The smallest absolute Gasteiger partial charge is 0.270 e. The van der Waals surface area contributed by atoms with Crippen LogP contribution in [-0.2, 0) is 12.8 Å². The first-order valence-electron chi connectivity index (χ1n) is 11.2. The van der Waals surface area contributed by atoms with Gasteiger partial charge in [0, 0.05) is 24.3 Å². The van der Waals surface area contributed by atoms with Gasteiger partial charge in [0.15, 0.2) is 5.78 Å². The third-order valence-electron chi connectivity index (χ3n) is 6.19. The number of nitrogens with one attached hydrogen (secondary N) is 1. The quantitative estimate of drug-likeness (QED) is 0.625. The summed E-state index contributed by atoms with van der Waals surface area (Å²) in [4.78, 5) is 30.2. The average molecular weight is 411 g/mol. The van der Waals surface area contributed by atoms with Gasteiger partial charge >= 0.3 is 0 Å². The van der Waals surface area contributed by atoms with Crippen LogP contribution in [0.4, 0.5) is 0 Å². The highest BCUT2D eigenvalue weighted by atomic mass is 16.5. The molecule has 3 rings (SSSR count). The van der Waals surface area contributed by atoms with Crippen molar-refractivity contribution < 1.29 is 14.3 Å². The molecule has 1 amide bonds. The van der Waals surface area contributed by atoms with E-state index in [1.807, 2.05) is 37.8 Å². The number of carbonyl (C=O) groups excluding carboxylic acids is 2. The van der Waals surface area contributed by atoms with Crippen LogP contribution in [0.15, 0.2) is 24.3 Å². The zero-order valence-electron chi connectivity index (χ0n) is 18.7. The van der Waals surface area contributed by atoms with Gasteiger partial charge in [0.25, 0.3) is 5.91 Å². The topological polar surface area (TPSA) is 62.4 Å². The Kier molecular flexibility index (Phi) is 7.35. The molecule has 2 aromatic rings. The van der Waals surface area contributed by atoms with Crippen molar-refractivity contribution in [3.05, 3.63) is 52.3 Å². The van der Waals surface area contributed by atoms with Crippen molar-refractivity contribution in [2.45, 2.75) is 59.8 Å². The summed E-state index contributed by atoms with van der Waals surface area (Å²) in [6.45, 7) is 9.69. The van der Waals surface area contributed by atoms with Gasteiger partial charge in [0.05, 0.1) is 6.61 Å². The molecule has 5 heteroatoms. The molecule has 1 aromatic carbocycles. The van der Waals surface area contributed by atoms with E-state index >= 15 is 0 Å². The Labute approximate surface area is 179 Å². The number of aromatic nitrogens is 1. The minimum Gasteiger partial charge on any atom is -0.494 e. The number of ether oxygens (including phenoxy) is 1. The summed E-state index contributed by atoms with van der Waals surface area (Å²) in [5, 5.41) is 0. The van der Waals surface area contributed by atoms with Gasteiger partial charge in [-0.3, -0.25) is 9.59 Å². The van der Waals surface area contributed by atoms with E-state index in [0.29, 0.717) is 30.2 Å². The molecular formula is C25H34N2O3. The maximum Gasteiger partial charge on any atom is 0.270 e. The second kappa shape index (κ2) is 9.96. The molecule has 0 atom stereocenters. The summed E-state index contributed by atoms with van der Waals surface area (Å²) in [6, 6.07) is 8.38. The summed E-state index contributed by atoms with van der Waals surface area (Å²) < 4.78 is 5.51. The normalized spacial score (nSPS) is 14.7. The number of likely N-dealkylation sites (tertiary alicyclic amines) is 1. The maximum absolute atomic E-state index is 13.1. The van der Waals surface area contributed by atoms with Crippen LogP contribution in [0.1, 0.15) is 77.7 Å². The Morgan fingerprint density at radius 1 is 1.13 bits per heavy atom. The molecule has 1 aromatic heterocycles. The summed E-state index contributed by atoms with van der Waals surface area (Å²) >= 11 is 0. The first-order valence-corrected chi connectivity index (χ1v) is 11.2. The Hall–Kier alpha value is -2.56. The van der Waals surface area contributed by atoms with Crippen LogP contribution in [-0.4, -0.2) is 41.3 Å². The van der Waals surface area contributed by atoms with Crippen molar-refractivity contribution >= 4 is 11.7 Å². The number of benzene rings is 1. The molecule has 162 valence electrons. The van der Waals surface area contributed by atoms with Gasteiger partial charge in [-0.05, 0) is 82.1 Å². The fourth-order valence-corrected chi connectivity index (χ4v) is 4.56. The predicted octanol–water partition coefficient (Wildman–Crippen LogP) is 4.97. The van der Waals surface area contributed by atoms with E-state index in [-0.39, 0.29) is 11.7 Å². The van der Waals surface area contributed by atoms with Crippen LogP contribution >= 0.6 is 0 Å². The van der Waals surface area contributed by atoms with E-state index in [9.17, 15) is 9.59 Å². The lowest BCUT2D eigenvalue weighted by molar-refractivity contribution is 0.0680. The van der Waals surface area contributed by atoms with Gasteiger partial charge in [-0.25, -0.2) is 0 Å². The highest BCUT2D eigenvalue weighted by Gasteiger charge is 2.28. The molecule has 0 saturated carbocycles. The lowest BCUT2D eigenvalue weighted by Crippen LogP contribution is -2.39. The van der Waals surface area contributed by atoms with Crippen LogP contribution in [0.2, 0.25) is 0 Å². The molecule has 1 N–H and O–H groups in total. The van der Waals surface area contributed by atoms with Crippen LogP contribution in [0.5, 0.6) is 5.75 Å². The van der Waals surface area contributed by atoms with Gasteiger partial charge in [0.1, 0.15) is 11.4 Å². The molecule has 30 heavy (non-hydrogen) atoms. The van der Waals surface area contributed by atoms with Crippen molar-refractivity contribution in [3.8, 4) is 5.75 Å². The lowest BCUT2D eigenvalue weighted by Gasteiger charge is -2.32. The zero-order chi connectivity index (χ0) is 21.7. The van der Waals surface area contributed by atoms with Gasteiger partial charge in [-0.2, -0.15) is 0 Å². The number of H-pyrrole nitrogens is 1. The second-order valence-electron chi connectivity index (χ2n) is 8.24. The van der Waals surface area contributed by atoms with Gasteiger partial charge in [-0.1, -0.05) is 19.1 Å². The molecule has 0 radical (unpaired) electrons. The summed E-state index contributed by atoms with van der Waals surface area (Å²) in [5.74, 6) is 1.62. The second-order valence-corrected chi connectivity index (χ2v) is 8.24. The average Bonchev–Trinajstić information content (AvgIpc) is 3.09. The largest absolute Gasteiger partial charge is 0.494 e. The lowest BCUT2D eigenvalue weighted by atomic mass is 9.90. The number of amides is 1. The third-order valence-corrected chi connectivity index (χ3v) is 6.19. The number of rotatable bonds is 8. The first-order chi connectivity index (χ1) is 14.4. The van der Waals surface area contributed by atoms with E-state index in [1.54, 1.807) is 6.92 Å². The van der Waals surface area contributed by atoms with E-state index in [4.69, 9.17) is 4.74 Å². The van der Waals surface area contributed by atoms with Crippen LogP contribution in [0.25, 0.3) is 0 Å². The minimum atomic E-state index is 0.0210. The predicted molar refractivity (Wildman–Crippen MR) is 119 cm³/mol. The Bertz CT molecular complexity index is 875. The molecule has 0 spiro atoms. The summed E-state index contributed by atoms with van der Waals surface area (Å²) in [5.41, 5.74) is 4.29. The molecule has 0 bridgehead atoms. The molecule has 1 fully saturated rings. The van der Waals surface area contributed by atoms with Gasteiger partial charge in [-0.15, -0.1) is 0 Å². The number of hydrogen-bond donors (Lipinski definition) is 1. The maximum atomic E-state index is 13.1. The fraction of sp³-hybridized carbons (Fsp3) is 0.520. The van der Waals surface area contributed by atoms with E-state index < -0.39 is 0 Å². The number of piperidine rings is 1. The van der Waals surface area contributed by atoms with Crippen molar-refractivity contribution in [1.82, 2.24) is 9.88 Å². The van der Waals surface area contributed by atoms with Gasteiger partial charge < -0.3 is 14.6 Å². The van der Waals surface area contributed by atoms with Crippen molar-refractivity contribution in [2.24, 2.45) is 5.92 Å². The zero-order valence-corrected chi connectivity index (χ0v) is 18.7. The molecule has 1 aliphatic heterocycles. The number of carbonyl (C=O) groups is 2. The van der Waals surface area contributed by atoms with E-state index in [1.165, 1.54) is 5.56 Å². The molecular weight excluding hydrogens is 376 g/mol. The van der Waals surface area contributed by atoms with Gasteiger partial charge in [0.2, 0.25) is 0 Å². The van der Waals surface area contributed by atoms with Crippen LogP contribution in [0, 0.1) is 12.8 Å². The SMILES string of the molecule is CCOc1ccc(CCC2CCN(C(=O)c3[nH]c(C)c(C(C)=O)c3CC)CC2)cc1. The van der Waals surface area contributed by atoms with E-state index in [2.05, 4.69) is 17.1 Å². The Morgan fingerprint density at radius 3 is 2.37 bits per heavy atom. The van der Waals surface area contributed by atoms with Crippen LogP contribution < -0.4 is 4.74 Å². The van der Waals surface area contributed by atoms with E-state index in [0.717, 1.165) is 55.8 Å². The Morgan fingerprint density at radius 2 is 1.80 bits per heavy atom. The molecule has 2 heterocycles. The van der Waals surface area contributed by atoms with Crippen molar-refractivity contribution in [3.63, 3.8) is 0 Å². The van der Waals surface area contributed by atoms with Crippen molar-refractivity contribution in [1.29, 1.82) is 0 Å². The number of hydrogen-bond acceptors (Lipinski definition) is 3. The minimum absolute atomic E-state index is 0.0210.